The van der Waals surface area contributed by atoms with Gasteiger partial charge in [0.1, 0.15) is 10.7 Å². The van der Waals surface area contributed by atoms with Crippen LogP contribution in [0.4, 0.5) is 10.7 Å². The average Bonchev–Trinajstić information content (AvgIpc) is 3.44. The first kappa shape index (κ1) is 35.6. The Kier molecular flexibility index (Phi) is 12.1. The third kappa shape index (κ3) is 9.46. The molecule has 4 aromatic rings. The highest BCUT2D eigenvalue weighted by atomic mass is 79.9. The molecule has 3 N–H and O–H groups in total. The van der Waals surface area contributed by atoms with Gasteiger partial charge in [-0.3, -0.25) is 19.2 Å². The molecule has 0 saturated heterocycles. The van der Waals surface area contributed by atoms with Crippen molar-refractivity contribution < 1.29 is 28.7 Å². The number of esters is 1. The minimum absolute atomic E-state index is 0.0307. The number of nitrogens with one attached hydrogen (secondary N) is 3. The number of ether oxygens (including phenoxy) is 1. The fourth-order valence-electron chi connectivity index (χ4n) is 5.06. The number of halogens is 1. The Morgan fingerprint density at radius 3 is 2.49 bits per heavy atom. The Hall–Kier alpha value is -4.72. The lowest BCUT2D eigenvalue weighted by Crippen LogP contribution is -2.34. The van der Waals surface area contributed by atoms with E-state index in [1.807, 2.05) is 30.3 Å². The van der Waals surface area contributed by atoms with Gasteiger partial charge in [-0.2, -0.15) is 0 Å². The summed E-state index contributed by atoms with van der Waals surface area (Å²) in [5, 5.41) is 8.86. The molecule has 13 heteroatoms. The lowest BCUT2D eigenvalue weighted by molar-refractivity contribution is -0.129. The van der Waals surface area contributed by atoms with E-state index in [-0.39, 0.29) is 29.9 Å². The molecule has 0 bridgehead atoms. The Labute approximate surface area is 300 Å². The molecule has 0 unspecified atom stereocenters. The molecule has 0 spiro atoms. The SMILES string of the molecule is CCOC(=O)c1c(NC(=O)CSc2cccc(NC(=O)/C(=C\c3cccc(Br)c3)NC(=O)c3ccccc3)c2)sc2c1CCN(C(C)=O)C2. The first-order chi connectivity index (χ1) is 23.6. The minimum Gasteiger partial charge on any atom is -0.462 e. The highest BCUT2D eigenvalue weighted by Crippen LogP contribution is 2.38. The normalized spacial score (nSPS) is 12.5. The Morgan fingerprint density at radius 1 is 0.980 bits per heavy atom. The molecule has 0 atom stereocenters. The van der Waals surface area contributed by atoms with Gasteiger partial charge in [0.2, 0.25) is 11.8 Å². The standard InChI is InChI=1S/C36H33BrN4O6S2/c1-3-47-36(46)32-28-15-16-41(22(2)42)20-30(28)49-35(32)40-31(43)21-48-27-14-8-13-26(19-27)38-34(45)29(18-23-9-7-12-25(37)17-23)39-33(44)24-10-5-4-6-11-24/h4-14,17-19H,3,15-16,20-21H2,1-2H3,(H,38,45)(H,39,44)(H,40,43)/b29-18+. The molecule has 3 aromatic carbocycles. The van der Waals surface area contributed by atoms with Crippen LogP contribution >= 0.6 is 39.0 Å². The largest absolute Gasteiger partial charge is 0.462 e. The van der Waals surface area contributed by atoms with Crippen molar-refractivity contribution in [1.82, 2.24) is 10.2 Å². The summed E-state index contributed by atoms with van der Waals surface area (Å²) in [6.45, 7) is 4.29. The van der Waals surface area contributed by atoms with E-state index in [1.54, 1.807) is 66.4 Å². The summed E-state index contributed by atoms with van der Waals surface area (Å²) in [6, 6.07) is 22.9. The lowest BCUT2D eigenvalue weighted by Gasteiger charge is -2.25. The molecule has 10 nitrogen and oxygen atoms in total. The highest BCUT2D eigenvalue weighted by Gasteiger charge is 2.30. The number of nitrogens with zero attached hydrogens (tertiary/aromatic N) is 1. The number of amides is 4. The van der Waals surface area contributed by atoms with Gasteiger partial charge in [0.15, 0.2) is 0 Å². The fourth-order valence-corrected chi connectivity index (χ4v) is 7.50. The van der Waals surface area contributed by atoms with Crippen LogP contribution in [0.1, 0.15) is 50.6 Å². The number of anilines is 2. The summed E-state index contributed by atoms with van der Waals surface area (Å²) < 4.78 is 6.11. The Balaban J connectivity index is 1.27. The van der Waals surface area contributed by atoms with E-state index in [2.05, 4.69) is 31.9 Å². The van der Waals surface area contributed by atoms with Gasteiger partial charge in [-0.05, 0) is 73.0 Å². The molecule has 4 amide bonds. The topological polar surface area (TPSA) is 134 Å². The molecule has 0 saturated carbocycles. The van der Waals surface area contributed by atoms with E-state index in [1.165, 1.54) is 30.0 Å². The Morgan fingerprint density at radius 2 is 1.76 bits per heavy atom. The van der Waals surface area contributed by atoms with Crippen LogP contribution in [0.3, 0.4) is 0 Å². The summed E-state index contributed by atoms with van der Waals surface area (Å²) in [6.07, 6.45) is 2.09. The maximum Gasteiger partial charge on any atom is 0.341 e. The van der Waals surface area contributed by atoms with Crippen molar-refractivity contribution in [1.29, 1.82) is 0 Å². The third-order valence-electron chi connectivity index (χ3n) is 7.39. The molecular formula is C36H33BrN4O6S2. The molecule has 2 heterocycles. The van der Waals surface area contributed by atoms with Crippen molar-refractivity contribution in [3.05, 3.63) is 116 Å². The van der Waals surface area contributed by atoms with Crippen LogP contribution < -0.4 is 16.0 Å². The predicted octanol–water partition coefficient (Wildman–Crippen LogP) is 6.73. The van der Waals surface area contributed by atoms with Crippen LogP contribution in [0.25, 0.3) is 6.08 Å². The zero-order chi connectivity index (χ0) is 34.9. The summed E-state index contributed by atoms with van der Waals surface area (Å²) in [4.78, 5) is 67.7. The number of hydrogen-bond donors (Lipinski definition) is 3. The second-order valence-corrected chi connectivity index (χ2v) is 13.9. The minimum atomic E-state index is -0.527. The lowest BCUT2D eigenvalue weighted by atomic mass is 10.0. The summed E-state index contributed by atoms with van der Waals surface area (Å²) in [7, 11) is 0. The first-order valence-electron chi connectivity index (χ1n) is 15.4. The third-order valence-corrected chi connectivity index (χ3v) is 10.0. The zero-order valence-corrected chi connectivity index (χ0v) is 29.9. The number of thiophene rings is 1. The fraction of sp³-hybridized carbons (Fsp3) is 0.194. The van der Waals surface area contributed by atoms with Crippen LogP contribution in [0.5, 0.6) is 0 Å². The molecule has 49 heavy (non-hydrogen) atoms. The number of benzene rings is 3. The van der Waals surface area contributed by atoms with Gasteiger partial charge in [0, 0.05) is 39.0 Å². The average molecular weight is 762 g/mol. The molecule has 1 aliphatic heterocycles. The highest BCUT2D eigenvalue weighted by molar-refractivity contribution is 9.10. The van der Waals surface area contributed by atoms with Crippen molar-refractivity contribution in [2.45, 2.75) is 31.7 Å². The van der Waals surface area contributed by atoms with Gasteiger partial charge in [0.25, 0.3) is 11.8 Å². The molecule has 1 aromatic heterocycles. The van der Waals surface area contributed by atoms with Crippen molar-refractivity contribution in [3.8, 4) is 0 Å². The van der Waals surface area contributed by atoms with Crippen molar-refractivity contribution in [2.24, 2.45) is 0 Å². The summed E-state index contributed by atoms with van der Waals surface area (Å²) >= 11 is 5.97. The molecule has 0 radical (unpaired) electrons. The van der Waals surface area contributed by atoms with E-state index in [0.717, 1.165) is 14.9 Å². The van der Waals surface area contributed by atoms with Crippen LogP contribution in [0, 0.1) is 0 Å². The molecule has 1 aliphatic rings. The number of hydrogen-bond acceptors (Lipinski definition) is 8. The number of rotatable bonds is 11. The molecule has 0 aliphatic carbocycles. The molecular weight excluding hydrogens is 728 g/mol. The van der Waals surface area contributed by atoms with Crippen LogP contribution in [-0.2, 0) is 32.1 Å². The molecule has 0 fully saturated rings. The van der Waals surface area contributed by atoms with Crippen LogP contribution in [0.15, 0.2) is 93.9 Å². The number of fused-ring (bicyclic) bond motifs is 1. The quantitative estimate of drug-likeness (QED) is 0.0877. The molecule has 5 rings (SSSR count). The molecule has 252 valence electrons. The smallest absolute Gasteiger partial charge is 0.341 e. The van der Waals surface area contributed by atoms with Gasteiger partial charge in [0.05, 0.1) is 24.5 Å². The number of carbonyl (C=O) groups is 5. The zero-order valence-electron chi connectivity index (χ0n) is 26.7. The van der Waals surface area contributed by atoms with Gasteiger partial charge in [-0.25, -0.2) is 4.79 Å². The van der Waals surface area contributed by atoms with Crippen molar-refractivity contribution >= 4 is 85.4 Å². The maximum absolute atomic E-state index is 13.5. The maximum atomic E-state index is 13.5. The van der Waals surface area contributed by atoms with Gasteiger partial charge >= 0.3 is 5.97 Å². The van der Waals surface area contributed by atoms with Crippen LogP contribution in [0.2, 0.25) is 0 Å². The number of thioether (sulfide) groups is 1. The van der Waals surface area contributed by atoms with Crippen molar-refractivity contribution in [2.75, 3.05) is 29.5 Å². The van der Waals surface area contributed by atoms with Crippen molar-refractivity contribution in [3.63, 3.8) is 0 Å². The van der Waals surface area contributed by atoms with E-state index in [9.17, 15) is 24.0 Å². The predicted molar refractivity (Wildman–Crippen MR) is 196 cm³/mol. The summed E-state index contributed by atoms with van der Waals surface area (Å²) in [5.74, 6) is -1.80. The Bertz CT molecular complexity index is 1930. The monoisotopic (exact) mass is 760 g/mol. The van der Waals surface area contributed by atoms with Crippen LogP contribution in [-0.4, -0.2) is 53.4 Å². The summed E-state index contributed by atoms with van der Waals surface area (Å²) in [5.41, 5.74) is 2.78. The van der Waals surface area contributed by atoms with E-state index >= 15 is 0 Å². The van der Waals surface area contributed by atoms with Gasteiger partial charge in [-0.15, -0.1) is 23.1 Å². The number of carbonyl (C=O) groups excluding carboxylic acids is 5. The first-order valence-corrected chi connectivity index (χ1v) is 18.0. The van der Waals surface area contributed by atoms with Gasteiger partial charge in [-0.1, -0.05) is 52.3 Å². The van der Waals surface area contributed by atoms with E-state index in [0.29, 0.717) is 51.8 Å². The second kappa shape index (κ2) is 16.6. The van der Waals surface area contributed by atoms with E-state index < -0.39 is 17.8 Å². The van der Waals surface area contributed by atoms with E-state index in [4.69, 9.17) is 4.74 Å². The van der Waals surface area contributed by atoms with Gasteiger partial charge < -0.3 is 25.6 Å². The second-order valence-electron chi connectivity index (χ2n) is 10.9.